The molecule has 0 spiro atoms. The van der Waals surface area contributed by atoms with E-state index in [0.29, 0.717) is 29.0 Å². The number of aryl methyl sites for hydroxylation is 6. The maximum absolute atomic E-state index is 5.67. The molecule has 0 N–H and O–H groups in total. The lowest BCUT2D eigenvalue weighted by Crippen LogP contribution is -1.95. The van der Waals surface area contributed by atoms with Crippen LogP contribution in [-0.4, -0.2) is 20.3 Å². The minimum atomic E-state index is 0.368. The molecule has 0 amide bonds. The molecule has 0 aliphatic carbocycles. The Bertz CT molecular complexity index is 1210. The summed E-state index contributed by atoms with van der Waals surface area (Å²) >= 11 is 0. The van der Waals surface area contributed by atoms with Gasteiger partial charge in [-0.15, -0.1) is 0 Å². The summed E-state index contributed by atoms with van der Waals surface area (Å²) in [5.41, 5.74) is 10.4. The maximum atomic E-state index is 5.67. The van der Waals surface area contributed by atoms with Crippen LogP contribution in [-0.2, 0) is 0 Å². The Morgan fingerprint density at radius 2 is 0.938 bits per heavy atom. The first-order valence-electron chi connectivity index (χ1n) is 10.7. The highest BCUT2D eigenvalue weighted by Gasteiger charge is 2.24. The van der Waals surface area contributed by atoms with E-state index in [2.05, 4.69) is 76.1 Å². The molecule has 2 aromatic carbocycles. The van der Waals surface area contributed by atoms with E-state index in [4.69, 9.17) is 19.0 Å². The van der Waals surface area contributed by atoms with Crippen molar-refractivity contribution in [2.24, 2.45) is 0 Å². The third kappa shape index (κ3) is 3.88. The van der Waals surface area contributed by atoms with Gasteiger partial charge in [0.2, 0.25) is 11.6 Å². The molecule has 4 rings (SSSR count). The molecule has 0 radical (unpaired) electrons. The van der Waals surface area contributed by atoms with Gasteiger partial charge in [0.05, 0.1) is 0 Å². The maximum Gasteiger partial charge on any atom is 0.263 e. The molecule has 32 heavy (non-hydrogen) atoms. The Morgan fingerprint density at radius 1 is 0.594 bits per heavy atom. The molecule has 0 fully saturated rings. The van der Waals surface area contributed by atoms with E-state index in [9.17, 15) is 0 Å². The fourth-order valence-electron chi connectivity index (χ4n) is 4.44. The molecule has 4 aromatic rings. The zero-order valence-corrected chi connectivity index (χ0v) is 19.9. The van der Waals surface area contributed by atoms with Crippen LogP contribution in [0.2, 0.25) is 0 Å². The van der Waals surface area contributed by atoms with Crippen LogP contribution in [0, 0.1) is 41.5 Å². The largest absolute Gasteiger partial charge is 0.333 e. The Kier molecular flexibility index (Phi) is 5.55. The lowest BCUT2D eigenvalue weighted by molar-refractivity contribution is 0.389. The smallest absolute Gasteiger partial charge is 0.263 e. The van der Waals surface area contributed by atoms with Gasteiger partial charge in [0.15, 0.2) is 0 Å². The lowest BCUT2D eigenvalue weighted by Gasteiger charge is -2.07. The van der Waals surface area contributed by atoms with E-state index in [1.807, 2.05) is 13.8 Å². The van der Waals surface area contributed by atoms with Crippen molar-refractivity contribution in [3.63, 3.8) is 0 Å². The van der Waals surface area contributed by atoms with Crippen LogP contribution in [0.5, 0.6) is 0 Å². The van der Waals surface area contributed by atoms with Crippen LogP contribution in [0.3, 0.4) is 0 Å². The predicted molar refractivity (Wildman–Crippen MR) is 125 cm³/mol. The second-order valence-corrected chi connectivity index (χ2v) is 8.77. The van der Waals surface area contributed by atoms with Crippen LogP contribution in [0.25, 0.3) is 28.3 Å². The quantitative estimate of drug-likeness (QED) is 0.370. The van der Waals surface area contributed by atoms with Gasteiger partial charge in [0.1, 0.15) is 5.57 Å². The second kappa shape index (κ2) is 8.19. The van der Waals surface area contributed by atoms with E-state index in [0.717, 1.165) is 39.0 Å². The van der Waals surface area contributed by atoms with E-state index in [-0.39, 0.29) is 0 Å². The summed E-state index contributed by atoms with van der Waals surface area (Å²) in [5, 5.41) is 8.52. The molecule has 0 aliphatic heterocycles. The highest BCUT2D eigenvalue weighted by molar-refractivity contribution is 5.75. The first-order chi connectivity index (χ1) is 15.2. The number of rotatable bonds is 4. The highest BCUT2D eigenvalue weighted by atomic mass is 16.5. The van der Waals surface area contributed by atoms with Crippen molar-refractivity contribution in [1.82, 2.24) is 20.3 Å². The zero-order valence-electron chi connectivity index (χ0n) is 19.9. The topological polar surface area (TPSA) is 77.8 Å². The average Bonchev–Trinajstić information content (AvgIpc) is 3.31. The SMILES string of the molecule is CC(C)=C(c1nc(-c2c(C)cc(C)cc2C)no1)c1nc(-c2c(C)cc(C)cc2C)no1. The van der Waals surface area contributed by atoms with Crippen molar-refractivity contribution in [2.45, 2.75) is 55.4 Å². The fourth-order valence-corrected chi connectivity index (χ4v) is 4.44. The zero-order chi connectivity index (χ0) is 23.2. The molecule has 0 saturated carbocycles. The molecule has 0 aliphatic rings. The third-order valence-corrected chi connectivity index (χ3v) is 5.58. The Labute approximate surface area is 188 Å². The minimum Gasteiger partial charge on any atom is -0.333 e. The van der Waals surface area contributed by atoms with Crippen molar-refractivity contribution in [3.05, 3.63) is 75.0 Å². The fraction of sp³-hybridized carbons (Fsp3) is 0.308. The normalized spacial score (nSPS) is 11.1. The summed E-state index contributed by atoms with van der Waals surface area (Å²) in [4.78, 5) is 9.39. The van der Waals surface area contributed by atoms with Gasteiger partial charge in [-0.3, -0.25) is 0 Å². The van der Waals surface area contributed by atoms with E-state index in [1.54, 1.807) is 0 Å². The number of hydrogen-bond acceptors (Lipinski definition) is 6. The van der Waals surface area contributed by atoms with Gasteiger partial charge in [0.25, 0.3) is 11.8 Å². The first kappa shape index (κ1) is 21.7. The van der Waals surface area contributed by atoms with Gasteiger partial charge in [-0.05, 0) is 77.6 Å². The van der Waals surface area contributed by atoms with Crippen LogP contribution in [0.15, 0.2) is 38.9 Å². The number of allylic oxidation sites excluding steroid dienone is 1. The molecular weight excluding hydrogens is 400 g/mol. The third-order valence-electron chi connectivity index (χ3n) is 5.58. The van der Waals surface area contributed by atoms with E-state index < -0.39 is 0 Å². The summed E-state index contributed by atoms with van der Waals surface area (Å²) in [6.07, 6.45) is 0. The summed E-state index contributed by atoms with van der Waals surface area (Å²) in [7, 11) is 0. The van der Waals surface area contributed by atoms with Gasteiger partial charge in [-0.25, -0.2) is 0 Å². The summed E-state index contributed by atoms with van der Waals surface area (Å²) in [6, 6.07) is 8.49. The standard InChI is InChI=1S/C26H28N4O2/c1-13(2)20(25-27-23(29-31-25)21-16(5)9-14(3)10-17(21)6)26-28-24(30-32-26)22-18(7)11-15(4)12-19(22)8/h9-12H,1-8H3. The predicted octanol–water partition coefficient (Wildman–Crippen LogP) is 6.48. The molecule has 2 heterocycles. The monoisotopic (exact) mass is 428 g/mol. The van der Waals surface area contributed by atoms with Crippen molar-refractivity contribution in [3.8, 4) is 22.8 Å². The summed E-state index contributed by atoms with van der Waals surface area (Å²) in [5.74, 6) is 1.84. The minimum absolute atomic E-state index is 0.368. The van der Waals surface area contributed by atoms with Gasteiger partial charge in [-0.2, -0.15) is 9.97 Å². The van der Waals surface area contributed by atoms with Gasteiger partial charge in [-0.1, -0.05) is 51.3 Å². The number of benzene rings is 2. The molecule has 0 saturated heterocycles. The van der Waals surface area contributed by atoms with Crippen LogP contribution >= 0.6 is 0 Å². The van der Waals surface area contributed by atoms with Gasteiger partial charge < -0.3 is 9.05 Å². The van der Waals surface area contributed by atoms with Crippen molar-refractivity contribution in [2.75, 3.05) is 0 Å². The van der Waals surface area contributed by atoms with E-state index in [1.165, 1.54) is 11.1 Å². The molecule has 0 unspecified atom stereocenters. The molecule has 2 aromatic heterocycles. The van der Waals surface area contributed by atoms with Crippen molar-refractivity contribution >= 4 is 5.57 Å². The first-order valence-corrected chi connectivity index (χ1v) is 10.7. The molecule has 164 valence electrons. The molecule has 0 atom stereocenters. The average molecular weight is 429 g/mol. The van der Waals surface area contributed by atoms with Crippen LogP contribution < -0.4 is 0 Å². The Balaban J connectivity index is 1.76. The van der Waals surface area contributed by atoms with Crippen molar-refractivity contribution in [1.29, 1.82) is 0 Å². The van der Waals surface area contributed by atoms with Gasteiger partial charge >= 0.3 is 0 Å². The Morgan fingerprint density at radius 3 is 1.25 bits per heavy atom. The molecule has 0 bridgehead atoms. The van der Waals surface area contributed by atoms with Crippen molar-refractivity contribution < 1.29 is 9.05 Å². The molecule has 6 heteroatoms. The second-order valence-electron chi connectivity index (χ2n) is 8.77. The molecule has 6 nitrogen and oxygen atoms in total. The van der Waals surface area contributed by atoms with Crippen LogP contribution in [0.1, 0.15) is 59.0 Å². The lowest BCUT2D eigenvalue weighted by atomic mass is 9.99. The Hall–Kier alpha value is -3.54. The summed E-state index contributed by atoms with van der Waals surface area (Å²) < 4.78 is 11.3. The van der Waals surface area contributed by atoms with Crippen LogP contribution in [0.4, 0.5) is 0 Å². The van der Waals surface area contributed by atoms with Gasteiger partial charge in [0, 0.05) is 11.1 Å². The van der Waals surface area contributed by atoms with E-state index >= 15 is 0 Å². The number of aromatic nitrogens is 4. The highest BCUT2D eigenvalue weighted by Crippen LogP contribution is 2.32. The number of hydrogen-bond donors (Lipinski definition) is 0. The number of nitrogens with zero attached hydrogens (tertiary/aromatic N) is 4. The summed E-state index contributed by atoms with van der Waals surface area (Å²) in [6.45, 7) is 16.3. The molecular formula is C26H28N4O2.